The summed E-state index contributed by atoms with van der Waals surface area (Å²) in [5.74, 6) is 0.998. The van der Waals surface area contributed by atoms with Crippen molar-refractivity contribution in [3.8, 4) is 5.00 Å². The van der Waals surface area contributed by atoms with E-state index in [-0.39, 0.29) is 5.78 Å². The monoisotopic (exact) mass is 339 g/mol. The highest BCUT2D eigenvalue weighted by Gasteiger charge is 2.20. The van der Waals surface area contributed by atoms with Gasteiger partial charge in [-0.3, -0.25) is 9.36 Å². The van der Waals surface area contributed by atoms with E-state index in [0.717, 1.165) is 29.4 Å². The Morgan fingerprint density at radius 1 is 1.25 bits per heavy atom. The van der Waals surface area contributed by atoms with Gasteiger partial charge in [0.25, 0.3) is 0 Å². The largest absolute Gasteiger partial charge is 0.302 e. The molecule has 5 heteroatoms. The van der Waals surface area contributed by atoms with E-state index in [1.807, 2.05) is 61.3 Å². The fourth-order valence-electron chi connectivity index (χ4n) is 2.61. The highest BCUT2D eigenvalue weighted by atomic mass is 32.1. The van der Waals surface area contributed by atoms with E-state index in [1.165, 1.54) is 4.88 Å². The molecule has 0 saturated heterocycles. The van der Waals surface area contributed by atoms with E-state index in [4.69, 9.17) is 0 Å². The number of nitrogens with zero attached hydrogens (tertiary/aromatic N) is 3. The average Bonchev–Trinajstić information content (AvgIpc) is 3.20. The molecule has 0 bridgehead atoms. The van der Waals surface area contributed by atoms with Gasteiger partial charge in [-0.1, -0.05) is 37.3 Å². The van der Waals surface area contributed by atoms with E-state index >= 15 is 0 Å². The van der Waals surface area contributed by atoms with Crippen LogP contribution in [0.25, 0.3) is 5.00 Å². The van der Waals surface area contributed by atoms with E-state index < -0.39 is 0 Å². The van der Waals surface area contributed by atoms with Gasteiger partial charge in [0.1, 0.15) is 10.8 Å². The minimum absolute atomic E-state index is 0.0612. The highest BCUT2D eigenvalue weighted by molar-refractivity contribution is 7.15. The van der Waals surface area contributed by atoms with Gasteiger partial charge in [-0.2, -0.15) is 0 Å². The maximum atomic E-state index is 13.0. The van der Waals surface area contributed by atoms with Crippen molar-refractivity contribution in [1.29, 1.82) is 0 Å². The average molecular weight is 339 g/mol. The zero-order chi connectivity index (χ0) is 17.1. The molecule has 0 unspecified atom stereocenters. The molecule has 0 aliphatic rings. The predicted molar refractivity (Wildman–Crippen MR) is 98.1 cm³/mol. The molecule has 3 aromatic rings. The number of aromatic nitrogens is 2. The number of rotatable bonds is 6. The minimum Gasteiger partial charge on any atom is -0.302 e. The quantitative estimate of drug-likeness (QED) is 0.641. The maximum absolute atomic E-state index is 13.0. The molecule has 124 valence electrons. The number of carbonyl (C=O) groups excluding carboxylic acids is 1. The lowest BCUT2D eigenvalue weighted by atomic mass is 10.0. The van der Waals surface area contributed by atoms with Gasteiger partial charge in [-0.05, 0) is 26.6 Å². The minimum atomic E-state index is 0.0612. The Morgan fingerprint density at radius 2 is 2.00 bits per heavy atom. The number of imidazole rings is 1. The van der Waals surface area contributed by atoms with E-state index in [1.54, 1.807) is 17.5 Å². The number of carbonyl (C=O) groups is 1. The molecular weight excluding hydrogens is 318 g/mol. The van der Waals surface area contributed by atoms with Gasteiger partial charge in [-0.25, -0.2) is 4.98 Å². The van der Waals surface area contributed by atoms with Crippen LogP contribution in [-0.4, -0.2) is 34.3 Å². The fourth-order valence-corrected chi connectivity index (χ4v) is 3.71. The van der Waals surface area contributed by atoms with E-state index in [0.29, 0.717) is 5.56 Å². The third kappa shape index (κ3) is 3.32. The van der Waals surface area contributed by atoms with Crippen molar-refractivity contribution in [3.05, 3.63) is 70.6 Å². The van der Waals surface area contributed by atoms with Crippen molar-refractivity contribution < 1.29 is 4.79 Å². The zero-order valence-electron chi connectivity index (χ0n) is 14.2. The molecule has 0 saturated carbocycles. The number of thiophene rings is 1. The Hall–Kier alpha value is -2.24. The number of aryl methyl sites for hydroxylation is 1. The Balaban J connectivity index is 2.08. The molecule has 0 atom stereocenters. The third-order valence-corrected chi connectivity index (χ3v) is 5.07. The van der Waals surface area contributed by atoms with Gasteiger partial charge in [0.05, 0.1) is 12.1 Å². The Morgan fingerprint density at radius 3 is 2.67 bits per heavy atom. The predicted octanol–water partition coefficient (Wildman–Crippen LogP) is 3.79. The van der Waals surface area contributed by atoms with Gasteiger partial charge in [0.15, 0.2) is 5.78 Å². The normalized spacial score (nSPS) is 11.2. The van der Waals surface area contributed by atoms with Gasteiger partial charge in [0, 0.05) is 22.8 Å². The van der Waals surface area contributed by atoms with Crippen LogP contribution in [0.2, 0.25) is 0 Å². The van der Waals surface area contributed by atoms with Crippen molar-refractivity contribution in [3.63, 3.8) is 0 Å². The molecule has 1 aromatic carbocycles. The van der Waals surface area contributed by atoms with Crippen molar-refractivity contribution in [1.82, 2.24) is 14.5 Å². The van der Waals surface area contributed by atoms with Crippen molar-refractivity contribution in [2.45, 2.75) is 19.9 Å². The maximum Gasteiger partial charge on any atom is 0.196 e. The SMILES string of the molecule is CCc1cc(C(=O)c2ccccc2)c(-n2ccnc2CN(C)C)s1. The lowest BCUT2D eigenvalue weighted by Gasteiger charge is -2.12. The van der Waals surface area contributed by atoms with Crippen LogP contribution in [0.1, 0.15) is 33.5 Å². The Kier molecular flexibility index (Phi) is 4.92. The summed E-state index contributed by atoms with van der Waals surface area (Å²) < 4.78 is 2.04. The van der Waals surface area contributed by atoms with Gasteiger partial charge in [0.2, 0.25) is 0 Å². The van der Waals surface area contributed by atoms with Crippen molar-refractivity contribution in [2.24, 2.45) is 0 Å². The molecule has 2 heterocycles. The van der Waals surface area contributed by atoms with Crippen LogP contribution in [-0.2, 0) is 13.0 Å². The second-order valence-corrected chi connectivity index (χ2v) is 7.05. The lowest BCUT2D eigenvalue weighted by Crippen LogP contribution is -2.15. The van der Waals surface area contributed by atoms with Crippen LogP contribution in [0.4, 0.5) is 0 Å². The van der Waals surface area contributed by atoms with Crippen LogP contribution < -0.4 is 0 Å². The van der Waals surface area contributed by atoms with Gasteiger partial charge < -0.3 is 4.90 Å². The molecule has 2 aromatic heterocycles. The molecule has 0 aliphatic heterocycles. The molecule has 0 radical (unpaired) electrons. The molecule has 24 heavy (non-hydrogen) atoms. The number of benzene rings is 1. The van der Waals surface area contributed by atoms with Gasteiger partial charge in [-0.15, -0.1) is 11.3 Å². The Labute approximate surface area is 146 Å². The van der Waals surface area contributed by atoms with Crippen LogP contribution in [0.15, 0.2) is 48.8 Å². The summed E-state index contributed by atoms with van der Waals surface area (Å²) in [7, 11) is 4.03. The molecule has 0 fully saturated rings. The fraction of sp³-hybridized carbons (Fsp3) is 0.263. The highest BCUT2D eigenvalue weighted by Crippen LogP contribution is 2.30. The first kappa shape index (κ1) is 16.6. The van der Waals surface area contributed by atoms with Crippen LogP contribution >= 0.6 is 11.3 Å². The number of hydrogen-bond donors (Lipinski definition) is 0. The number of hydrogen-bond acceptors (Lipinski definition) is 4. The first-order valence-electron chi connectivity index (χ1n) is 8.00. The molecule has 0 N–H and O–H groups in total. The summed E-state index contributed by atoms with van der Waals surface area (Å²) in [5.41, 5.74) is 1.47. The second-order valence-electron chi connectivity index (χ2n) is 5.93. The molecule has 0 amide bonds. The van der Waals surface area contributed by atoms with Gasteiger partial charge >= 0.3 is 0 Å². The molecule has 4 nitrogen and oxygen atoms in total. The first-order chi connectivity index (χ1) is 11.6. The standard InChI is InChI=1S/C19H21N3OS/c1-4-15-12-16(18(23)14-8-6-5-7-9-14)19(24-15)22-11-10-20-17(22)13-21(2)3/h5-12H,4,13H2,1-3H3. The van der Waals surface area contributed by atoms with Crippen LogP contribution in [0, 0.1) is 0 Å². The zero-order valence-corrected chi connectivity index (χ0v) is 15.0. The third-order valence-electron chi connectivity index (χ3n) is 3.79. The van der Waals surface area contributed by atoms with Crippen molar-refractivity contribution in [2.75, 3.05) is 14.1 Å². The lowest BCUT2D eigenvalue weighted by molar-refractivity contribution is 0.103. The summed E-state index contributed by atoms with van der Waals surface area (Å²) in [4.78, 5) is 20.7. The smallest absolute Gasteiger partial charge is 0.196 e. The first-order valence-corrected chi connectivity index (χ1v) is 8.81. The molecule has 0 spiro atoms. The van der Waals surface area contributed by atoms with Crippen molar-refractivity contribution >= 4 is 17.1 Å². The second kappa shape index (κ2) is 7.11. The number of ketones is 1. The van der Waals surface area contributed by atoms with E-state index in [2.05, 4.69) is 16.8 Å². The van der Waals surface area contributed by atoms with Crippen LogP contribution in [0.5, 0.6) is 0 Å². The summed E-state index contributed by atoms with van der Waals surface area (Å²) in [6, 6.07) is 11.5. The summed E-state index contributed by atoms with van der Waals surface area (Å²) in [6.45, 7) is 2.84. The summed E-state index contributed by atoms with van der Waals surface area (Å²) in [5, 5.41) is 0.954. The van der Waals surface area contributed by atoms with E-state index in [9.17, 15) is 4.79 Å². The molecule has 0 aliphatic carbocycles. The summed E-state index contributed by atoms with van der Waals surface area (Å²) in [6.07, 6.45) is 4.64. The summed E-state index contributed by atoms with van der Waals surface area (Å²) >= 11 is 1.67. The topological polar surface area (TPSA) is 38.1 Å². The molecular formula is C19H21N3OS. The molecule has 3 rings (SSSR count). The van der Waals surface area contributed by atoms with Crippen LogP contribution in [0.3, 0.4) is 0 Å². The Bertz CT molecular complexity index is 833.